The highest BCUT2D eigenvalue weighted by atomic mass is 19.4. The number of ether oxygens (including phenoxy) is 3. The molecule has 1 saturated heterocycles. The summed E-state index contributed by atoms with van der Waals surface area (Å²) in [5.41, 5.74) is 1.33. The number of piperidine rings is 1. The van der Waals surface area contributed by atoms with Gasteiger partial charge in [0.1, 0.15) is 11.7 Å². The number of halogens is 3. The van der Waals surface area contributed by atoms with Crippen LogP contribution in [0.3, 0.4) is 0 Å². The lowest BCUT2D eigenvalue weighted by atomic mass is 9.49. The fourth-order valence-electron chi connectivity index (χ4n) is 8.17. The van der Waals surface area contributed by atoms with Gasteiger partial charge in [0.05, 0.1) is 17.0 Å². The van der Waals surface area contributed by atoms with Crippen LogP contribution in [-0.4, -0.2) is 60.6 Å². The number of esters is 2. The molecule has 246 valence electrons. The summed E-state index contributed by atoms with van der Waals surface area (Å²) in [4.78, 5) is 37.6. The first kappa shape index (κ1) is 32.1. The van der Waals surface area contributed by atoms with Gasteiger partial charge in [-0.05, 0) is 92.8 Å². The van der Waals surface area contributed by atoms with E-state index in [9.17, 15) is 27.6 Å². The van der Waals surface area contributed by atoms with Crippen molar-refractivity contribution in [1.82, 2.24) is 10.2 Å². The van der Waals surface area contributed by atoms with Gasteiger partial charge in [-0.15, -0.1) is 0 Å². The number of benzene rings is 2. The van der Waals surface area contributed by atoms with Crippen LogP contribution in [0, 0.1) is 5.92 Å². The van der Waals surface area contributed by atoms with Crippen LogP contribution in [0.15, 0.2) is 42.5 Å². The molecule has 46 heavy (non-hydrogen) atoms. The Morgan fingerprint density at radius 3 is 2.41 bits per heavy atom. The third-order valence-corrected chi connectivity index (χ3v) is 10.1. The number of carbonyl (C=O) groups excluding carboxylic acids is 3. The monoisotopic (exact) mass is 640 g/mol. The Morgan fingerprint density at radius 2 is 1.78 bits per heavy atom. The van der Waals surface area contributed by atoms with Crippen molar-refractivity contribution in [2.45, 2.75) is 88.1 Å². The molecule has 2 saturated carbocycles. The van der Waals surface area contributed by atoms with Gasteiger partial charge in [0, 0.05) is 39.1 Å². The normalized spacial score (nSPS) is 27.5. The van der Waals surface area contributed by atoms with Crippen molar-refractivity contribution in [3.8, 4) is 11.5 Å². The predicted octanol–water partition coefficient (Wildman–Crippen LogP) is 5.60. The molecule has 8 nitrogen and oxygen atoms in total. The molecule has 2 aromatic carbocycles. The second-order valence-corrected chi connectivity index (χ2v) is 12.9. The zero-order chi connectivity index (χ0) is 32.9. The van der Waals surface area contributed by atoms with Gasteiger partial charge in [-0.3, -0.25) is 19.3 Å². The molecule has 2 heterocycles. The molecule has 1 amide bonds. The molecule has 0 aromatic heterocycles. The van der Waals surface area contributed by atoms with Gasteiger partial charge in [-0.25, -0.2) is 0 Å². The maximum Gasteiger partial charge on any atom is 0.416 e. The number of nitrogens with zero attached hydrogens (tertiary/aromatic N) is 1. The molecule has 2 aromatic rings. The number of rotatable bonds is 6. The largest absolute Gasteiger partial charge is 0.485 e. The van der Waals surface area contributed by atoms with E-state index in [-0.39, 0.29) is 35.4 Å². The maximum atomic E-state index is 12.4. The van der Waals surface area contributed by atoms with Crippen molar-refractivity contribution in [1.29, 1.82) is 0 Å². The Bertz CT molecular complexity index is 1550. The average molecular weight is 641 g/mol. The summed E-state index contributed by atoms with van der Waals surface area (Å²) < 4.78 is 55.1. The number of likely N-dealkylation sites (N-methyl/N-ethyl adjacent to an activating group) is 1. The van der Waals surface area contributed by atoms with Gasteiger partial charge in [-0.1, -0.05) is 18.2 Å². The van der Waals surface area contributed by atoms with Crippen LogP contribution in [0.1, 0.15) is 74.6 Å². The van der Waals surface area contributed by atoms with Crippen molar-refractivity contribution >= 4 is 23.9 Å². The molecule has 5 aliphatic rings. The van der Waals surface area contributed by atoms with Crippen LogP contribution in [-0.2, 0) is 37.1 Å². The van der Waals surface area contributed by atoms with Gasteiger partial charge < -0.3 is 19.5 Å². The van der Waals surface area contributed by atoms with Gasteiger partial charge in [-0.2, -0.15) is 13.2 Å². The molecule has 2 aliphatic heterocycles. The highest BCUT2D eigenvalue weighted by Crippen LogP contribution is 2.67. The van der Waals surface area contributed by atoms with Crippen molar-refractivity contribution in [2.24, 2.45) is 5.92 Å². The zero-order valence-electron chi connectivity index (χ0n) is 26.2. The Labute approximate surface area is 266 Å². The Kier molecular flexibility index (Phi) is 8.41. The quantitative estimate of drug-likeness (QED) is 0.250. The minimum atomic E-state index is -4.33. The van der Waals surface area contributed by atoms with Crippen molar-refractivity contribution in [2.75, 3.05) is 20.1 Å². The number of alkyl halides is 3. The van der Waals surface area contributed by atoms with Gasteiger partial charge in [0.25, 0.3) is 0 Å². The number of likely N-dealkylation sites (tertiary alicyclic amines) is 1. The lowest BCUT2D eigenvalue weighted by Crippen LogP contribution is -2.76. The van der Waals surface area contributed by atoms with Crippen LogP contribution >= 0.6 is 0 Å². The fourth-order valence-corrected chi connectivity index (χ4v) is 8.17. The Balaban J connectivity index is 0.000000198. The third-order valence-electron chi connectivity index (χ3n) is 10.1. The molecule has 1 spiro atoms. The maximum absolute atomic E-state index is 12.4. The zero-order valence-corrected chi connectivity index (χ0v) is 26.2. The number of carbonyl (C=O) groups is 3. The molecule has 4 atom stereocenters. The van der Waals surface area contributed by atoms with E-state index in [1.165, 1.54) is 63.6 Å². The summed E-state index contributed by atoms with van der Waals surface area (Å²) in [6, 6.07) is 8.73. The van der Waals surface area contributed by atoms with Crippen LogP contribution in [0.4, 0.5) is 13.2 Å². The first-order valence-electron chi connectivity index (χ1n) is 15.9. The average Bonchev–Trinajstić information content (AvgIpc) is 3.75. The lowest BCUT2D eigenvalue weighted by molar-refractivity contribution is -0.215. The summed E-state index contributed by atoms with van der Waals surface area (Å²) >= 11 is 0. The second-order valence-electron chi connectivity index (χ2n) is 12.9. The molecule has 1 N–H and O–H groups in total. The standard InChI is InChI=1S/C24H29NO5.C11H10F3NO/c1-14(26)28-18-8-7-17-12-19-24(30-15(2)27)9-3-4-20-23(24,21(17)22(18)29-20)10-11-25(19)13-16-5-6-16;1-15-10(16)7-4-8-2-5-9(6-3-8)11(12,13)14/h7-8,16,19-20H,3-6,9-13H2,1-2H3;2-7H,1H3,(H,15,16)/b;7-4+/t19-,20+,23-,24-;/m1./s1. The van der Waals surface area contributed by atoms with Crippen LogP contribution in [0.5, 0.6) is 11.5 Å². The van der Waals surface area contributed by atoms with E-state index >= 15 is 0 Å². The minimum Gasteiger partial charge on any atom is -0.485 e. The van der Waals surface area contributed by atoms with E-state index in [1.807, 2.05) is 6.07 Å². The molecule has 3 aliphatic carbocycles. The van der Waals surface area contributed by atoms with Crippen molar-refractivity contribution < 1.29 is 41.8 Å². The minimum absolute atomic E-state index is 0.0399. The summed E-state index contributed by atoms with van der Waals surface area (Å²) in [6.45, 7) is 5.06. The van der Waals surface area contributed by atoms with Crippen LogP contribution in [0.25, 0.3) is 6.08 Å². The lowest BCUT2D eigenvalue weighted by Gasteiger charge is -2.64. The van der Waals surface area contributed by atoms with Crippen molar-refractivity contribution in [3.63, 3.8) is 0 Å². The third kappa shape index (κ3) is 5.67. The summed E-state index contributed by atoms with van der Waals surface area (Å²) in [6.07, 6.45) is 5.49. The molecule has 11 heteroatoms. The van der Waals surface area contributed by atoms with E-state index < -0.39 is 17.3 Å². The van der Waals surface area contributed by atoms with E-state index in [1.54, 1.807) is 0 Å². The molecular formula is C35H39F3N2O6. The molecule has 2 bridgehead atoms. The van der Waals surface area contributed by atoms with E-state index in [0.29, 0.717) is 17.1 Å². The van der Waals surface area contributed by atoms with E-state index in [0.717, 1.165) is 68.8 Å². The van der Waals surface area contributed by atoms with E-state index in [2.05, 4.69) is 16.3 Å². The smallest absolute Gasteiger partial charge is 0.416 e. The van der Waals surface area contributed by atoms with E-state index in [4.69, 9.17) is 14.2 Å². The topological polar surface area (TPSA) is 94.2 Å². The van der Waals surface area contributed by atoms with Gasteiger partial charge in [0.2, 0.25) is 5.91 Å². The predicted molar refractivity (Wildman–Crippen MR) is 163 cm³/mol. The van der Waals surface area contributed by atoms with Gasteiger partial charge >= 0.3 is 18.1 Å². The first-order chi connectivity index (χ1) is 21.9. The number of hydrogen-bond donors (Lipinski definition) is 1. The molecule has 0 unspecified atom stereocenters. The fraction of sp³-hybridized carbons (Fsp3) is 0.514. The highest BCUT2D eigenvalue weighted by Gasteiger charge is 2.73. The van der Waals surface area contributed by atoms with Crippen LogP contribution < -0.4 is 14.8 Å². The van der Waals surface area contributed by atoms with Crippen molar-refractivity contribution in [3.05, 3.63) is 64.7 Å². The summed E-state index contributed by atoms with van der Waals surface area (Å²) in [5, 5.41) is 2.37. The van der Waals surface area contributed by atoms with Gasteiger partial charge in [0.15, 0.2) is 11.5 Å². The first-order valence-corrected chi connectivity index (χ1v) is 15.9. The molecule has 7 rings (SSSR count). The SMILES string of the molecule is CC(=O)Oc1ccc2c3c1O[C@H]1CCC[C@@]4(OC(C)=O)[C@@H](C2)N(CC2CC2)CC[C@]314.CNC(=O)/C=C/c1ccc(C(F)(F)F)cc1. The Hall–Kier alpha value is -3.86. The second kappa shape index (κ2) is 12.1. The number of amides is 1. The Morgan fingerprint density at radius 1 is 1.04 bits per heavy atom. The summed E-state index contributed by atoms with van der Waals surface area (Å²) in [7, 11) is 1.47. The molecular weight excluding hydrogens is 601 g/mol. The number of nitrogens with one attached hydrogen (secondary N) is 1. The highest BCUT2D eigenvalue weighted by molar-refractivity contribution is 5.91. The molecule has 3 fully saturated rings. The summed E-state index contributed by atoms with van der Waals surface area (Å²) in [5.74, 6) is 1.14. The van der Waals surface area contributed by atoms with Crippen LogP contribution in [0.2, 0.25) is 0 Å². The molecule has 0 radical (unpaired) electrons. The number of hydrogen-bond acceptors (Lipinski definition) is 7.